The van der Waals surface area contributed by atoms with Crippen LogP contribution in [0.3, 0.4) is 0 Å². The molecule has 1 amide bonds. The maximum Gasteiger partial charge on any atom is 0.337 e. The lowest BCUT2D eigenvalue weighted by molar-refractivity contribution is -0.763. The van der Waals surface area contributed by atoms with E-state index in [9.17, 15) is 14.4 Å². The van der Waals surface area contributed by atoms with Crippen LogP contribution in [0, 0.1) is 0 Å². The summed E-state index contributed by atoms with van der Waals surface area (Å²) < 4.78 is 6.38. The molecule has 0 aliphatic carbocycles. The zero-order chi connectivity index (χ0) is 26.1. The van der Waals surface area contributed by atoms with Crippen molar-refractivity contribution in [3.05, 3.63) is 105 Å². The first-order chi connectivity index (χ1) is 17.9. The van der Waals surface area contributed by atoms with Gasteiger partial charge in [-0.1, -0.05) is 53.7 Å². The lowest BCUT2D eigenvalue weighted by Crippen LogP contribution is -2.60. The Morgan fingerprint density at radius 2 is 1.78 bits per heavy atom. The number of fused-ring (bicyclic) bond motifs is 3. The minimum absolute atomic E-state index is 0.222. The second-order valence-electron chi connectivity index (χ2n) is 8.33. The molecule has 8 nitrogen and oxygen atoms in total. The zero-order valence-electron chi connectivity index (χ0n) is 20.0. The van der Waals surface area contributed by atoms with Crippen molar-refractivity contribution in [2.45, 2.75) is 24.0 Å². The largest absolute Gasteiger partial charge is 0.465 e. The average Bonchev–Trinajstić information content (AvgIpc) is 2.91. The molecule has 0 fully saturated rings. The molecule has 0 bridgehead atoms. The monoisotopic (exact) mass is 533 g/mol. The first-order valence-corrected chi connectivity index (χ1v) is 12.7. The van der Waals surface area contributed by atoms with E-state index in [2.05, 4.69) is 4.98 Å². The van der Waals surface area contributed by atoms with Crippen LogP contribution in [0.5, 0.6) is 0 Å². The molecule has 186 valence electrons. The number of thioether (sulfide) groups is 1. The Morgan fingerprint density at radius 3 is 2.49 bits per heavy atom. The van der Waals surface area contributed by atoms with Crippen molar-refractivity contribution in [2.75, 3.05) is 12.0 Å². The highest BCUT2D eigenvalue weighted by Gasteiger charge is 2.44. The van der Waals surface area contributed by atoms with E-state index >= 15 is 0 Å². The molecule has 1 aliphatic heterocycles. The highest BCUT2D eigenvalue weighted by Crippen LogP contribution is 2.37. The standard InChI is InChI=1S/C27H21ClN4O4S/c1-16(33)31-22-10-6-4-8-20(22)23-24(34)29-27(37-15-19-7-3-5-9-21(19)28)30-32(23)25(31)17-11-13-18(14-12-17)26(35)36-2/h3-14,25H,15H2,1-2H3/p+1/t25-/m0/s1. The molecule has 2 heterocycles. The van der Waals surface area contributed by atoms with Crippen LogP contribution < -0.4 is 15.1 Å². The number of methoxy groups -OCH3 is 1. The topological polar surface area (TPSA) is 96.2 Å². The van der Waals surface area contributed by atoms with Crippen LogP contribution in [-0.4, -0.2) is 29.1 Å². The lowest BCUT2D eigenvalue weighted by atomic mass is 10.0. The number of carbonyl (C=O) groups is 2. The van der Waals surface area contributed by atoms with Crippen molar-refractivity contribution in [1.29, 1.82) is 0 Å². The Morgan fingerprint density at radius 1 is 1.08 bits per heavy atom. The van der Waals surface area contributed by atoms with Gasteiger partial charge in [0.25, 0.3) is 6.17 Å². The van der Waals surface area contributed by atoms with E-state index in [1.807, 2.05) is 36.4 Å². The lowest BCUT2D eigenvalue weighted by Gasteiger charge is -2.31. The van der Waals surface area contributed by atoms with Gasteiger partial charge >= 0.3 is 17.2 Å². The molecule has 10 heteroatoms. The van der Waals surface area contributed by atoms with E-state index in [4.69, 9.17) is 21.4 Å². The van der Waals surface area contributed by atoms with Crippen molar-refractivity contribution in [3.8, 4) is 11.3 Å². The van der Waals surface area contributed by atoms with Gasteiger partial charge in [-0.25, -0.2) is 9.69 Å². The molecule has 1 aromatic heterocycles. The number of benzene rings is 3. The Kier molecular flexibility index (Phi) is 6.82. The van der Waals surface area contributed by atoms with Gasteiger partial charge in [0.1, 0.15) is 0 Å². The number of amides is 1. The predicted molar refractivity (Wildman–Crippen MR) is 141 cm³/mol. The Bertz CT molecular complexity index is 1570. The van der Waals surface area contributed by atoms with Gasteiger partial charge in [-0.3, -0.25) is 14.6 Å². The third-order valence-corrected chi connectivity index (χ3v) is 7.33. The summed E-state index contributed by atoms with van der Waals surface area (Å²) in [5, 5.41) is 5.79. The SMILES string of the molecule is COC(=O)c1ccc([C@H]2N(C(C)=O)c3ccccc3-c3c(=O)[nH]c(SCc4ccccc4Cl)n[n+]32)cc1. The maximum atomic E-state index is 13.4. The zero-order valence-corrected chi connectivity index (χ0v) is 21.5. The van der Waals surface area contributed by atoms with E-state index < -0.39 is 12.1 Å². The minimum Gasteiger partial charge on any atom is -0.465 e. The summed E-state index contributed by atoms with van der Waals surface area (Å²) in [5.74, 6) is -0.196. The Balaban J connectivity index is 1.66. The van der Waals surface area contributed by atoms with E-state index in [0.29, 0.717) is 44.0 Å². The fraction of sp³-hybridized carbons (Fsp3) is 0.148. The number of halogens is 1. The average molecular weight is 534 g/mol. The highest BCUT2D eigenvalue weighted by atomic mass is 35.5. The van der Waals surface area contributed by atoms with Gasteiger partial charge in [-0.2, -0.15) is 0 Å². The van der Waals surface area contributed by atoms with Gasteiger partial charge in [0.2, 0.25) is 11.1 Å². The molecule has 0 saturated heterocycles. The summed E-state index contributed by atoms with van der Waals surface area (Å²) in [7, 11) is 1.32. The van der Waals surface area contributed by atoms with Crippen LogP contribution in [0.25, 0.3) is 11.3 Å². The molecular formula is C27H22ClN4O4S+. The molecule has 1 atom stereocenters. The molecule has 3 aromatic carbocycles. The molecule has 37 heavy (non-hydrogen) atoms. The highest BCUT2D eigenvalue weighted by molar-refractivity contribution is 7.98. The maximum absolute atomic E-state index is 13.4. The Labute approximate surface area is 221 Å². The normalized spacial score (nSPS) is 14.0. The van der Waals surface area contributed by atoms with Crippen molar-refractivity contribution in [1.82, 2.24) is 10.1 Å². The van der Waals surface area contributed by atoms with Gasteiger partial charge in [-0.15, -0.1) is 0 Å². The number of hydrogen-bond acceptors (Lipinski definition) is 6. The van der Waals surface area contributed by atoms with E-state index in [-0.39, 0.29) is 11.5 Å². The summed E-state index contributed by atoms with van der Waals surface area (Å²) in [6.07, 6.45) is -0.754. The van der Waals surface area contributed by atoms with Crippen LogP contribution >= 0.6 is 23.4 Å². The van der Waals surface area contributed by atoms with Crippen LogP contribution in [0.1, 0.15) is 34.6 Å². The number of anilines is 1. The second-order valence-corrected chi connectivity index (χ2v) is 9.70. The molecular weight excluding hydrogens is 512 g/mol. The van der Waals surface area contributed by atoms with Gasteiger partial charge in [0.15, 0.2) is 0 Å². The molecule has 1 aliphatic rings. The number of carbonyl (C=O) groups excluding carboxylic acids is 2. The van der Waals surface area contributed by atoms with E-state index in [0.717, 1.165) is 5.56 Å². The summed E-state index contributed by atoms with van der Waals surface area (Å²) >= 11 is 7.64. The van der Waals surface area contributed by atoms with Crippen LogP contribution in [0.15, 0.2) is 82.7 Å². The van der Waals surface area contributed by atoms with Gasteiger partial charge in [0.05, 0.1) is 23.9 Å². The number of nitrogens with one attached hydrogen (secondary N) is 1. The number of aromatic amines is 1. The second kappa shape index (κ2) is 10.2. The number of H-pyrrole nitrogens is 1. The van der Waals surface area contributed by atoms with E-state index in [1.165, 1.54) is 25.8 Å². The third-order valence-electron chi connectivity index (χ3n) is 6.05. The van der Waals surface area contributed by atoms with Crippen molar-refractivity contribution in [2.24, 2.45) is 0 Å². The number of nitrogens with zero attached hydrogens (tertiary/aromatic N) is 3. The van der Waals surface area contributed by atoms with Gasteiger partial charge in [0, 0.05) is 28.4 Å². The van der Waals surface area contributed by atoms with Crippen LogP contribution in [0.4, 0.5) is 5.69 Å². The van der Waals surface area contributed by atoms with Gasteiger partial charge in [-0.05, 0) is 52.7 Å². The van der Waals surface area contributed by atoms with E-state index in [1.54, 1.807) is 46.0 Å². The number of rotatable bonds is 5. The smallest absolute Gasteiger partial charge is 0.337 e. The van der Waals surface area contributed by atoms with Crippen molar-refractivity contribution in [3.63, 3.8) is 0 Å². The fourth-order valence-corrected chi connectivity index (χ4v) is 5.49. The molecule has 4 aromatic rings. The molecule has 0 radical (unpaired) electrons. The number of aromatic nitrogens is 3. The minimum atomic E-state index is -0.754. The fourth-order valence-electron chi connectivity index (χ4n) is 4.35. The molecule has 0 saturated carbocycles. The molecule has 1 N–H and O–H groups in total. The van der Waals surface area contributed by atoms with Crippen LogP contribution in [-0.2, 0) is 15.3 Å². The van der Waals surface area contributed by atoms with Crippen LogP contribution in [0.2, 0.25) is 5.02 Å². The first-order valence-electron chi connectivity index (χ1n) is 11.4. The number of ether oxygens (including phenoxy) is 1. The molecule has 0 spiro atoms. The van der Waals surface area contributed by atoms with Crippen molar-refractivity contribution < 1.29 is 19.0 Å². The van der Waals surface area contributed by atoms with Crippen molar-refractivity contribution >= 4 is 40.9 Å². The molecule has 0 unspecified atom stereocenters. The summed E-state index contributed by atoms with van der Waals surface area (Å²) in [5.41, 5.74) is 3.14. The third kappa shape index (κ3) is 4.63. The van der Waals surface area contributed by atoms with Gasteiger partial charge < -0.3 is 4.74 Å². The Hall–Kier alpha value is -3.95. The predicted octanol–water partition coefficient (Wildman–Crippen LogP) is 4.37. The first kappa shape index (κ1) is 24.7. The quantitative estimate of drug-likeness (QED) is 0.232. The number of hydrogen-bond donors (Lipinski definition) is 1. The molecule has 5 rings (SSSR count). The summed E-state index contributed by atoms with van der Waals surface area (Å²) in [6.45, 7) is 1.47. The summed E-state index contributed by atoms with van der Waals surface area (Å²) in [4.78, 5) is 42.9. The number of esters is 1. The number of para-hydroxylation sites is 1. The summed E-state index contributed by atoms with van der Waals surface area (Å²) in [6, 6.07) is 21.4.